The lowest BCUT2D eigenvalue weighted by Crippen LogP contribution is -2.44. The quantitative estimate of drug-likeness (QED) is 0.735. The minimum absolute atomic E-state index is 0.0576. The second-order valence-electron chi connectivity index (χ2n) is 6.52. The Labute approximate surface area is 118 Å². The van der Waals surface area contributed by atoms with Crippen molar-refractivity contribution in [2.75, 3.05) is 19.6 Å². The number of amides is 1. The number of rotatable bonds is 8. The van der Waals surface area contributed by atoms with Crippen molar-refractivity contribution in [2.45, 2.75) is 65.7 Å². The van der Waals surface area contributed by atoms with Gasteiger partial charge in [-0.25, -0.2) is 0 Å². The number of hydrogen-bond donors (Lipinski definition) is 1. The van der Waals surface area contributed by atoms with Crippen molar-refractivity contribution in [1.82, 2.24) is 4.90 Å². The Bertz CT molecular complexity index is 270. The molecule has 0 aromatic heterocycles. The van der Waals surface area contributed by atoms with Gasteiger partial charge in [-0.3, -0.25) is 4.79 Å². The predicted molar refractivity (Wildman–Crippen MR) is 80.9 cm³/mol. The van der Waals surface area contributed by atoms with Crippen LogP contribution in [0.1, 0.15) is 65.7 Å². The third-order valence-electron chi connectivity index (χ3n) is 4.23. The van der Waals surface area contributed by atoms with E-state index >= 15 is 0 Å². The van der Waals surface area contributed by atoms with E-state index in [1.807, 2.05) is 0 Å². The number of hydrogen-bond acceptors (Lipinski definition) is 2. The van der Waals surface area contributed by atoms with Crippen LogP contribution < -0.4 is 5.73 Å². The van der Waals surface area contributed by atoms with Crippen molar-refractivity contribution in [3.63, 3.8) is 0 Å². The summed E-state index contributed by atoms with van der Waals surface area (Å²) < 4.78 is 0. The third kappa shape index (κ3) is 4.48. The van der Waals surface area contributed by atoms with Crippen molar-refractivity contribution >= 4 is 5.91 Å². The summed E-state index contributed by atoms with van der Waals surface area (Å²) in [5.41, 5.74) is 5.54. The molecule has 112 valence electrons. The number of carbonyl (C=O) groups excluding carboxylic acids is 1. The fourth-order valence-electron chi connectivity index (χ4n) is 3.54. The molecule has 1 saturated carbocycles. The maximum Gasteiger partial charge on any atom is 0.228 e. The zero-order valence-corrected chi connectivity index (χ0v) is 13.1. The van der Waals surface area contributed by atoms with Crippen molar-refractivity contribution in [2.24, 2.45) is 17.1 Å². The van der Waals surface area contributed by atoms with Gasteiger partial charge in [-0.2, -0.15) is 0 Å². The molecule has 1 aliphatic rings. The maximum absolute atomic E-state index is 13.0. The normalized spacial score (nSPS) is 17.9. The molecule has 1 fully saturated rings. The van der Waals surface area contributed by atoms with Crippen LogP contribution in [0.5, 0.6) is 0 Å². The van der Waals surface area contributed by atoms with E-state index in [2.05, 4.69) is 25.7 Å². The zero-order chi connectivity index (χ0) is 14.3. The molecule has 3 nitrogen and oxygen atoms in total. The fraction of sp³-hybridized carbons (Fsp3) is 0.938. The van der Waals surface area contributed by atoms with E-state index in [4.69, 9.17) is 5.73 Å². The fourth-order valence-corrected chi connectivity index (χ4v) is 3.54. The summed E-state index contributed by atoms with van der Waals surface area (Å²) >= 11 is 0. The number of nitrogens with two attached hydrogens (primary N) is 1. The molecule has 3 heteroatoms. The van der Waals surface area contributed by atoms with E-state index in [1.165, 1.54) is 12.8 Å². The molecule has 1 aliphatic carbocycles. The summed E-state index contributed by atoms with van der Waals surface area (Å²) in [5, 5.41) is 0. The SMILES string of the molecule is CCCN(CCCN)C(=O)C1(CC(C)C)CCCC1. The highest BCUT2D eigenvalue weighted by molar-refractivity contribution is 5.83. The van der Waals surface area contributed by atoms with Gasteiger partial charge in [0.2, 0.25) is 5.91 Å². The lowest BCUT2D eigenvalue weighted by Gasteiger charge is -2.35. The van der Waals surface area contributed by atoms with Gasteiger partial charge in [-0.15, -0.1) is 0 Å². The van der Waals surface area contributed by atoms with Gasteiger partial charge in [-0.1, -0.05) is 33.6 Å². The topological polar surface area (TPSA) is 46.3 Å². The smallest absolute Gasteiger partial charge is 0.228 e. The van der Waals surface area contributed by atoms with Crippen LogP contribution in [0.4, 0.5) is 0 Å². The highest BCUT2D eigenvalue weighted by atomic mass is 16.2. The molecule has 0 aromatic rings. The second-order valence-corrected chi connectivity index (χ2v) is 6.52. The zero-order valence-electron chi connectivity index (χ0n) is 13.1. The van der Waals surface area contributed by atoms with Crippen LogP contribution in [-0.4, -0.2) is 30.4 Å². The first-order chi connectivity index (χ1) is 9.05. The molecule has 2 N–H and O–H groups in total. The van der Waals surface area contributed by atoms with Gasteiger partial charge in [0.1, 0.15) is 0 Å². The van der Waals surface area contributed by atoms with Gasteiger partial charge < -0.3 is 10.6 Å². The molecule has 0 bridgehead atoms. The monoisotopic (exact) mass is 268 g/mol. The summed E-state index contributed by atoms with van der Waals surface area (Å²) in [6.07, 6.45) is 7.62. The van der Waals surface area contributed by atoms with Gasteiger partial charge in [0.15, 0.2) is 0 Å². The van der Waals surface area contributed by atoms with E-state index in [1.54, 1.807) is 0 Å². The van der Waals surface area contributed by atoms with Gasteiger partial charge in [0.05, 0.1) is 0 Å². The standard InChI is InChI=1S/C16H32N2O/c1-4-11-18(12-7-10-17)15(19)16(13-14(2)3)8-5-6-9-16/h14H,4-13,17H2,1-3H3. The Morgan fingerprint density at radius 3 is 2.37 bits per heavy atom. The van der Waals surface area contributed by atoms with E-state index in [0.717, 1.165) is 45.2 Å². The van der Waals surface area contributed by atoms with Crippen molar-refractivity contribution in [3.05, 3.63) is 0 Å². The largest absolute Gasteiger partial charge is 0.342 e. The van der Waals surface area contributed by atoms with Gasteiger partial charge >= 0.3 is 0 Å². The summed E-state index contributed by atoms with van der Waals surface area (Å²) in [6.45, 7) is 9.01. The summed E-state index contributed by atoms with van der Waals surface area (Å²) in [5.74, 6) is 1.01. The molecule has 0 aromatic carbocycles. The Balaban J connectivity index is 2.77. The van der Waals surface area contributed by atoms with E-state index < -0.39 is 0 Å². The molecule has 0 heterocycles. The Hall–Kier alpha value is -0.570. The molecule has 1 amide bonds. The van der Waals surface area contributed by atoms with E-state index in [9.17, 15) is 4.79 Å². The maximum atomic E-state index is 13.0. The Kier molecular flexibility index (Phi) is 6.84. The lowest BCUT2D eigenvalue weighted by molar-refractivity contribution is -0.143. The number of nitrogens with zero attached hydrogens (tertiary/aromatic N) is 1. The lowest BCUT2D eigenvalue weighted by atomic mass is 9.77. The first-order valence-corrected chi connectivity index (χ1v) is 8.05. The van der Waals surface area contributed by atoms with Gasteiger partial charge in [0, 0.05) is 18.5 Å². The van der Waals surface area contributed by atoms with Crippen molar-refractivity contribution < 1.29 is 4.79 Å². The highest BCUT2D eigenvalue weighted by Crippen LogP contribution is 2.44. The highest BCUT2D eigenvalue weighted by Gasteiger charge is 2.43. The molecule has 19 heavy (non-hydrogen) atoms. The molecule has 0 saturated heterocycles. The van der Waals surface area contributed by atoms with Crippen LogP contribution in [0.3, 0.4) is 0 Å². The van der Waals surface area contributed by atoms with Crippen LogP contribution in [0.25, 0.3) is 0 Å². The van der Waals surface area contributed by atoms with Crippen molar-refractivity contribution in [1.29, 1.82) is 0 Å². The molecule has 0 aliphatic heterocycles. The van der Waals surface area contributed by atoms with Crippen LogP contribution >= 0.6 is 0 Å². The molecule has 0 atom stereocenters. The number of carbonyl (C=O) groups is 1. The minimum atomic E-state index is -0.0576. The average molecular weight is 268 g/mol. The molecule has 0 spiro atoms. The first-order valence-electron chi connectivity index (χ1n) is 8.05. The Morgan fingerprint density at radius 2 is 1.89 bits per heavy atom. The van der Waals surface area contributed by atoms with Crippen molar-refractivity contribution in [3.8, 4) is 0 Å². The van der Waals surface area contributed by atoms with E-state index in [0.29, 0.717) is 18.4 Å². The summed E-state index contributed by atoms with van der Waals surface area (Å²) in [6, 6.07) is 0. The summed E-state index contributed by atoms with van der Waals surface area (Å²) in [4.78, 5) is 15.1. The summed E-state index contributed by atoms with van der Waals surface area (Å²) in [7, 11) is 0. The van der Waals surface area contributed by atoms with Crippen LogP contribution in [-0.2, 0) is 4.79 Å². The molecule has 0 unspecified atom stereocenters. The first kappa shape index (κ1) is 16.5. The second kappa shape index (κ2) is 7.88. The van der Waals surface area contributed by atoms with Gasteiger partial charge in [0.25, 0.3) is 0 Å². The van der Waals surface area contributed by atoms with Crippen LogP contribution in [0.15, 0.2) is 0 Å². The molecular formula is C16H32N2O. The molecule has 0 radical (unpaired) electrons. The minimum Gasteiger partial charge on any atom is -0.342 e. The molecule has 1 rings (SSSR count). The van der Waals surface area contributed by atoms with Crippen LogP contribution in [0, 0.1) is 11.3 Å². The molecular weight excluding hydrogens is 236 g/mol. The van der Waals surface area contributed by atoms with E-state index in [-0.39, 0.29) is 5.41 Å². The third-order valence-corrected chi connectivity index (χ3v) is 4.23. The van der Waals surface area contributed by atoms with Gasteiger partial charge in [-0.05, 0) is 44.6 Å². The Morgan fingerprint density at radius 1 is 1.26 bits per heavy atom. The predicted octanol–water partition coefficient (Wildman–Crippen LogP) is 3.18. The van der Waals surface area contributed by atoms with Crippen LogP contribution in [0.2, 0.25) is 0 Å². The average Bonchev–Trinajstić information content (AvgIpc) is 2.82.